The van der Waals surface area contributed by atoms with Gasteiger partial charge in [-0.3, -0.25) is 0 Å². The minimum atomic E-state index is 0.560. The predicted octanol–water partition coefficient (Wildman–Crippen LogP) is 5.73. The minimum absolute atomic E-state index is 0.560. The number of hydrogen-bond donors (Lipinski definition) is 1. The van der Waals surface area contributed by atoms with Crippen molar-refractivity contribution in [1.82, 2.24) is 0 Å². The zero-order chi connectivity index (χ0) is 20.9. The van der Waals surface area contributed by atoms with Gasteiger partial charge in [0.1, 0.15) is 18.1 Å². The molecule has 0 bridgehead atoms. The Morgan fingerprint density at radius 1 is 0.733 bits per heavy atom. The molecule has 0 aliphatic rings. The van der Waals surface area contributed by atoms with E-state index in [0.717, 1.165) is 35.6 Å². The van der Waals surface area contributed by atoms with Crippen LogP contribution in [0, 0.1) is 0 Å². The molecule has 3 aromatic rings. The number of ether oxygens (including phenoxy) is 3. The van der Waals surface area contributed by atoms with Gasteiger partial charge in [-0.05, 0) is 55.2 Å². The van der Waals surface area contributed by atoms with Gasteiger partial charge in [-0.2, -0.15) is 0 Å². The van der Waals surface area contributed by atoms with Crippen LogP contribution in [0.5, 0.6) is 11.5 Å². The van der Waals surface area contributed by atoms with Gasteiger partial charge in [0.25, 0.3) is 0 Å². The Labute approximate surface area is 179 Å². The van der Waals surface area contributed by atoms with Crippen molar-refractivity contribution in [1.29, 1.82) is 0 Å². The first-order valence-corrected chi connectivity index (χ1v) is 10.6. The van der Waals surface area contributed by atoms with Crippen molar-refractivity contribution in [3.63, 3.8) is 0 Å². The van der Waals surface area contributed by atoms with Gasteiger partial charge in [0, 0.05) is 13.2 Å². The Balaban J connectivity index is 1.47. The van der Waals surface area contributed by atoms with E-state index in [1.165, 1.54) is 5.56 Å². The van der Waals surface area contributed by atoms with Gasteiger partial charge in [-0.1, -0.05) is 54.6 Å². The van der Waals surface area contributed by atoms with Gasteiger partial charge in [-0.25, -0.2) is 0 Å². The quantitative estimate of drug-likeness (QED) is 0.369. The summed E-state index contributed by atoms with van der Waals surface area (Å²) in [4.78, 5) is 0. The second-order valence-electron chi connectivity index (χ2n) is 6.98. The lowest BCUT2D eigenvalue weighted by Crippen LogP contribution is -2.07. The van der Waals surface area contributed by atoms with Crippen LogP contribution in [-0.4, -0.2) is 26.4 Å². The lowest BCUT2D eigenvalue weighted by atomic mass is 10.1. The second-order valence-corrected chi connectivity index (χ2v) is 6.98. The molecule has 0 amide bonds. The maximum Gasteiger partial charge on any atom is 0.142 e. The van der Waals surface area contributed by atoms with Crippen LogP contribution in [0.1, 0.15) is 24.5 Å². The molecule has 1 N–H and O–H groups in total. The number of anilines is 1. The summed E-state index contributed by atoms with van der Waals surface area (Å²) in [5, 5.41) is 3.49. The Hall–Kier alpha value is -2.98. The van der Waals surface area contributed by atoms with Crippen LogP contribution in [0.4, 0.5) is 5.69 Å². The van der Waals surface area contributed by atoms with Crippen molar-refractivity contribution in [2.75, 3.05) is 31.7 Å². The summed E-state index contributed by atoms with van der Waals surface area (Å²) in [5.41, 5.74) is 3.50. The van der Waals surface area contributed by atoms with E-state index >= 15 is 0 Å². The standard InChI is InChI=1S/C26H31NO3/c1-2-28-18-19-29-24-14-8-12-23(20-24)21-27-25-15-6-7-16-26(25)30-17-9-13-22-10-4-3-5-11-22/h3-8,10-12,14-16,20,27H,2,9,13,17-19,21H2,1H3. The molecule has 158 valence electrons. The molecule has 0 spiro atoms. The fraction of sp³-hybridized carbons (Fsp3) is 0.308. The van der Waals surface area contributed by atoms with Gasteiger partial charge >= 0.3 is 0 Å². The number of nitrogens with one attached hydrogen (secondary N) is 1. The lowest BCUT2D eigenvalue weighted by molar-refractivity contribution is 0.110. The number of hydrogen-bond acceptors (Lipinski definition) is 4. The van der Waals surface area contributed by atoms with E-state index < -0.39 is 0 Å². The van der Waals surface area contributed by atoms with E-state index in [2.05, 4.69) is 47.8 Å². The molecule has 4 heteroatoms. The zero-order valence-electron chi connectivity index (χ0n) is 17.7. The third-order valence-corrected chi connectivity index (χ3v) is 4.68. The summed E-state index contributed by atoms with van der Waals surface area (Å²) < 4.78 is 17.1. The molecule has 0 heterocycles. The summed E-state index contributed by atoms with van der Waals surface area (Å²) >= 11 is 0. The summed E-state index contributed by atoms with van der Waals surface area (Å²) in [7, 11) is 0. The first kappa shape index (κ1) is 21.7. The number of para-hydroxylation sites is 2. The Morgan fingerprint density at radius 3 is 2.40 bits per heavy atom. The molecule has 30 heavy (non-hydrogen) atoms. The van der Waals surface area contributed by atoms with Crippen LogP contribution in [0.15, 0.2) is 78.9 Å². The molecule has 0 radical (unpaired) electrons. The van der Waals surface area contributed by atoms with Gasteiger partial charge in [0.15, 0.2) is 0 Å². The average molecular weight is 406 g/mol. The highest BCUT2D eigenvalue weighted by atomic mass is 16.5. The summed E-state index contributed by atoms with van der Waals surface area (Å²) in [5.74, 6) is 1.74. The maximum atomic E-state index is 6.05. The van der Waals surface area contributed by atoms with E-state index in [9.17, 15) is 0 Å². The monoisotopic (exact) mass is 405 g/mol. The van der Waals surface area contributed by atoms with Crippen LogP contribution < -0.4 is 14.8 Å². The van der Waals surface area contributed by atoms with E-state index in [-0.39, 0.29) is 0 Å². The number of benzene rings is 3. The molecule has 0 saturated heterocycles. The molecule has 3 rings (SSSR count). The van der Waals surface area contributed by atoms with E-state index in [1.54, 1.807) is 0 Å². The fourth-order valence-electron chi connectivity index (χ4n) is 3.15. The van der Waals surface area contributed by atoms with Crippen molar-refractivity contribution in [3.05, 3.63) is 90.0 Å². The van der Waals surface area contributed by atoms with Gasteiger partial charge < -0.3 is 19.5 Å². The molecule has 0 atom stereocenters. The third kappa shape index (κ3) is 7.45. The number of aryl methyl sites for hydroxylation is 1. The fourth-order valence-corrected chi connectivity index (χ4v) is 3.15. The molecule has 0 saturated carbocycles. The molecule has 4 nitrogen and oxygen atoms in total. The molecular formula is C26H31NO3. The number of rotatable bonds is 13. The molecule has 0 aromatic heterocycles. The third-order valence-electron chi connectivity index (χ3n) is 4.68. The van der Waals surface area contributed by atoms with Crippen LogP contribution in [0.3, 0.4) is 0 Å². The van der Waals surface area contributed by atoms with Crippen molar-refractivity contribution in [2.45, 2.75) is 26.3 Å². The second kappa shape index (κ2) is 12.6. The van der Waals surface area contributed by atoms with Crippen molar-refractivity contribution in [2.24, 2.45) is 0 Å². The average Bonchev–Trinajstić information content (AvgIpc) is 2.80. The highest BCUT2D eigenvalue weighted by Gasteiger charge is 2.04. The minimum Gasteiger partial charge on any atom is -0.491 e. The first-order chi connectivity index (χ1) is 14.8. The van der Waals surface area contributed by atoms with Crippen LogP contribution in [0.25, 0.3) is 0 Å². The van der Waals surface area contributed by atoms with Crippen LogP contribution in [0.2, 0.25) is 0 Å². The van der Waals surface area contributed by atoms with Crippen LogP contribution >= 0.6 is 0 Å². The largest absolute Gasteiger partial charge is 0.491 e. The molecule has 0 fully saturated rings. The molecule has 3 aromatic carbocycles. The Morgan fingerprint density at radius 2 is 1.53 bits per heavy atom. The smallest absolute Gasteiger partial charge is 0.142 e. The van der Waals surface area contributed by atoms with Gasteiger partial charge in [0.05, 0.1) is 18.9 Å². The summed E-state index contributed by atoms with van der Waals surface area (Å²) in [6.07, 6.45) is 2.01. The van der Waals surface area contributed by atoms with Gasteiger partial charge in [0.2, 0.25) is 0 Å². The lowest BCUT2D eigenvalue weighted by Gasteiger charge is -2.14. The normalized spacial score (nSPS) is 10.6. The highest BCUT2D eigenvalue weighted by molar-refractivity contribution is 5.56. The summed E-state index contributed by atoms with van der Waals surface area (Å²) in [6, 6.07) is 26.7. The molecule has 0 unspecified atom stereocenters. The molecule has 0 aliphatic heterocycles. The van der Waals surface area contributed by atoms with Gasteiger partial charge in [-0.15, -0.1) is 0 Å². The predicted molar refractivity (Wildman–Crippen MR) is 122 cm³/mol. The van der Waals surface area contributed by atoms with E-state index in [1.807, 2.05) is 43.3 Å². The Bertz CT molecular complexity index is 867. The Kier molecular flexibility index (Phi) is 9.09. The van der Waals surface area contributed by atoms with Crippen molar-refractivity contribution < 1.29 is 14.2 Å². The highest BCUT2D eigenvalue weighted by Crippen LogP contribution is 2.25. The molecular weight excluding hydrogens is 374 g/mol. The maximum absolute atomic E-state index is 6.05. The SMILES string of the molecule is CCOCCOc1cccc(CNc2ccccc2OCCCc2ccccc2)c1. The van der Waals surface area contributed by atoms with Crippen molar-refractivity contribution in [3.8, 4) is 11.5 Å². The van der Waals surface area contributed by atoms with E-state index in [0.29, 0.717) is 33.0 Å². The molecule has 0 aliphatic carbocycles. The zero-order valence-corrected chi connectivity index (χ0v) is 17.7. The first-order valence-electron chi connectivity index (χ1n) is 10.6. The van der Waals surface area contributed by atoms with Crippen LogP contribution in [-0.2, 0) is 17.7 Å². The summed E-state index contributed by atoms with van der Waals surface area (Å²) in [6.45, 7) is 5.25. The van der Waals surface area contributed by atoms with E-state index in [4.69, 9.17) is 14.2 Å². The topological polar surface area (TPSA) is 39.7 Å². The van der Waals surface area contributed by atoms with Crippen molar-refractivity contribution >= 4 is 5.69 Å².